The number of amides is 1. The Kier molecular flexibility index (Phi) is 5.49. The van der Waals surface area contributed by atoms with Crippen molar-refractivity contribution >= 4 is 11.6 Å². The van der Waals surface area contributed by atoms with Crippen molar-refractivity contribution in [3.05, 3.63) is 76.9 Å². The minimum atomic E-state index is -0.814. The van der Waals surface area contributed by atoms with E-state index < -0.39 is 23.1 Å². The molecule has 2 aliphatic rings. The predicted octanol–water partition coefficient (Wildman–Crippen LogP) is 5.15. The van der Waals surface area contributed by atoms with Crippen molar-refractivity contribution in [1.29, 1.82) is 0 Å². The van der Waals surface area contributed by atoms with E-state index in [1.165, 1.54) is 11.6 Å². The molecule has 2 aliphatic heterocycles. The normalized spacial score (nSPS) is 17.9. The van der Waals surface area contributed by atoms with E-state index >= 15 is 0 Å². The van der Waals surface area contributed by atoms with E-state index in [1.54, 1.807) is 4.90 Å². The zero-order chi connectivity index (χ0) is 21.5. The summed E-state index contributed by atoms with van der Waals surface area (Å²) in [6.07, 6.45) is 4.73. The summed E-state index contributed by atoms with van der Waals surface area (Å²) in [6, 6.07) is 7.74. The molecule has 0 aromatic heterocycles. The number of halogens is 2. The van der Waals surface area contributed by atoms with Gasteiger partial charge in [-0.15, -0.1) is 6.58 Å². The van der Waals surface area contributed by atoms with Gasteiger partial charge in [0.2, 0.25) is 0 Å². The number of carbonyl (C=O) groups excluding carboxylic acids is 1. The molecule has 2 aromatic carbocycles. The summed E-state index contributed by atoms with van der Waals surface area (Å²) in [5.74, 6) is -2.22. The number of aryl methyl sites for hydroxylation is 2. The zero-order valence-corrected chi connectivity index (χ0v) is 17.7. The van der Waals surface area contributed by atoms with Crippen LogP contribution in [0.4, 0.5) is 14.5 Å². The van der Waals surface area contributed by atoms with E-state index in [9.17, 15) is 13.6 Å². The van der Waals surface area contributed by atoms with Gasteiger partial charge in [-0.2, -0.15) is 0 Å². The molecule has 0 aliphatic carbocycles. The lowest BCUT2D eigenvalue weighted by molar-refractivity contribution is 0.0968. The Balaban J connectivity index is 1.71. The molecule has 1 fully saturated rings. The molecule has 30 heavy (non-hydrogen) atoms. The molecule has 0 N–H and O–H groups in total. The molecule has 0 radical (unpaired) electrons. The van der Waals surface area contributed by atoms with E-state index in [4.69, 9.17) is 0 Å². The lowest BCUT2D eigenvalue weighted by Crippen LogP contribution is -2.46. The summed E-state index contributed by atoms with van der Waals surface area (Å²) in [4.78, 5) is 17.3. The number of piperidine rings is 1. The Morgan fingerprint density at radius 3 is 2.40 bits per heavy atom. The number of hydrogen-bond acceptors (Lipinski definition) is 2. The summed E-state index contributed by atoms with van der Waals surface area (Å²) < 4.78 is 28.7. The van der Waals surface area contributed by atoms with Gasteiger partial charge in [0.05, 0.1) is 0 Å². The average molecular weight is 411 g/mol. The van der Waals surface area contributed by atoms with Gasteiger partial charge in [-0.1, -0.05) is 18.2 Å². The standard InChI is InChI=1S/C25H28F2N2O/c1-4-5-11-28-12-9-25(10-13-28)16-29(22-15-18(3)17(2)14-19(22)25)24(30)23-20(26)7-6-8-21(23)27/h4,6-8,14-15H,1,5,9-13,16H2,2-3H3. The summed E-state index contributed by atoms with van der Waals surface area (Å²) in [5.41, 5.74) is 3.54. The van der Waals surface area contributed by atoms with Crippen LogP contribution in [0.5, 0.6) is 0 Å². The number of nitrogens with zero attached hydrogens (tertiary/aromatic N) is 2. The third-order valence-corrected chi connectivity index (χ3v) is 6.82. The molecule has 3 nitrogen and oxygen atoms in total. The van der Waals surface area contributed by atoms with Crippen LogP contribution in [0.15, 0.2) is 43.0 Å². The van der Waals surface area contributed by atoms with Crippen LogP contribution in [0, 0.1) is 25.5 Å². The number of likely N-dealkylation sites (tertiary alicyclic amines) is 1. The van der Waals surface area contributed by atoms with Crippen LogP contribution in [0.3, 0.4) is 0 Å². The van der Waals surface area contributed by atoms with Crippen molar-refractivity contribution in [2.24, 2.45) is 0 Å². The fourth-order valence-electron chi connectivity index (χ4n) is 4.85. The van der Waals surface area contributed by atoms with Crippen molar-refractivity contribution in [2.45, 2.75) is 38.5 Å². The Bertz CT molecular complexity index is 973. The number of hydrogen-bond donors (Lipinski definition) is 0. The Morgan fingerprint density at radius 2 is 1.77 bits per heavy atom. The maximum atomic E-state index is 14.4. The molecule has 158 valence electrons. The second-order valence-electron chi connectivity index (χ2n) is 8.64. The van der Waals surface area contributed by atoms with Crippen LogP contribution >= 0.6 is 0 Å². The molecular weight excluding hydrogens is 382 g/mol. The molecule has 1 saturated heterocycles. The fraction of sp³-hybridized carbons (Fsp3) is 0.400. The van der Waals surface area contributed by atoms with Crippen molar-refractivity contribution in [3.63, 3.8) is 0 Å². The molecule has 5 heteroatoms. The molecule has 2 heterocycles. The van der Waals surface area contributed by atoms with Gasteiger partial charge in [0, 0.05) is 24.2 Å². The monoisotopic (exact) mass is 410 g/mol. The van der Waals surface area contributed by atoms with Gasteiger partial charge in [0.1, 0.15) is 17.2 Å². The number of carbonyl (C=O) groups is 1. The van der Waals surface area contributed by atoms with Gasteiger partial charge >= 0.3 is 0 Å². The summed E-state index contributed by atoms with van der Waals surface area (Å²) in [6.45, 7) is 11.2. The van der Waals surface area contributed by atoms with Crippen LogP contribution in [-0.4, -0.2) is 37.0 Å². The van der Waals surface area contributed by atoms with Crippen LogP contribution in [0.2, 0.25) is 0 Å². The lowest BCUT2D eigenvalue weighted by Gasteiger charge is -2.40. The van der Waals surface area contributed by atoms with E-state index in [0.717, 1.165) is 67.8 Å². The van der Waals surface area contributed by atoms with Crippen LogP contribution in [0.1, 0.15) is 46.3 Å². The third kappa shape index (κ3) is 3.45. The van der Waals surface area contributed by atoms with E-state index in [0.29, 0.717) is 6.54 Å². The highest BCUT2D eigenvalue weighted by molar-refractivity contribution is 6.08. The SMILES string of the molecule is C=CCCN1CCC2(CC1)CN(C(=O)c1c(F)cccc1F)c1cc(C)c(C)cc12. The third-order valence-electron chi connectivity index (χ3n) is 6.82. The summed E-state index contributed by atoms with van der Waals surface area (Å²) >= 11 is 0. The number of rotatable bonds is 4. The van der Waals surface area contributed by atoms with E-state index in [1.807, 2.05) is 19.1 Å². The molecule has 1 spiro atoms. The minimum Gasteiger partial charge on any atom is -0.307 e. The smallest absolute Gasteiger partial charge is 0.264 e. The van der Waals surface area contributed by atoms with E-state index in [2.05, 4.69) is 24.5 Å². The first-order valence-electron chi connectivity index (χ1n) is 10.6. The van der Waals surface area contributed by atoms with Gasteiger partial charge in [-0.3, -0.25) is 4.79 Å². The van der Waals surface area contributed by atoms with Gasteiger partial charge in [-0.25, -0.2) is 8.78 Å². The average Bonchev–Trinajstić information content (AvgIpc) is 3.01. The number of fused-ring (bicyclic) bond motifs is 2. The van der Waals surface area contributed by atoms with Gasteiger partial charge in [-0.05, 0) is 81.1 Å². The van der Waals surface area contributed by atoms with Crippen LogP contribution in [0.25, 0.3) is 0 Å². The molecule has 1 amide bonds. The number of anilines is 1. The number of benzene rings is 2. The zero-order valence-electron chi connectivity index (χ0n) is 17.7. The highest BCUT2D eigenvalue weighted by Gasteiger charge is 2.47. The highest BCUT2D eigenvalue weighted by Crippen LogP contribution is 2.48. The molecule has 0 unspecified atom stereocenters. The molecular formula is C25H28F2N2O. The second-order valence-corrected chi connectivity index (χ2v) is 8.64. The molecule has 0 atom stereocenters. The molecule has 2 aromatic rings. The first-order valence-corrected chi connectivity index (χ1v) is 10.6. The molecule has 0 saturated carbocycles. The largest absolute Gasteiger partial charge is 0.307 e. The van der Waals surface area contributed by atoms with Crippen molar-refractivity contribution in [1.82, 2.24) is 4.90 Å². The first kappa shape index (κ1) is 20.7. The maximum absolute atomic E-state index is 14.4. The second kappa shape index (κ2) is 7.95. The van der Waals surface area contributed by atoms with Crippen LogP contribution in [-0.2, 0) is 5.41 Å². The van der Waals surface area contributed by atoms with Crippen LogP contribution < -0.4 is 4.90 Å². The first-order chi connectivity index (χ1) is 14.4. The Labute approximate surface area is 177 Å². The predicted molar refractivity (Wildman–Crippen MR) is 116 cm³/mol. The van der Waals surface area contributed by atoms with Gasteiger partial charge in [0.15, 0.2) is 0 Å². The highest BCUT2D eigenvalue weighted by atomic mass is 19.1. The topological polar surface area (TPSA) is 23.6 Å². The van der Waals surface area contributed by atoms with Gasteiger partial charge in [0.25, 0.3) is 5.91 Å². The quantitative estimate of drug-likeness (QED) is 0.651. The summed E-state index contributed by atoms with van der Waals surface area (Å²) in [5, 5.41) is 0. The molecule has 0 bridgehead atoms. The van der Waals surface area contributed by atoms with Crippen molar-refractivity contribution < 1.29 is 13.6 Å². The lowest BCUT2D eigenvalue weighted by atomic mass is 9.73. The van der Waals surface area contributed by atoms with Gasteiger partial charge < -0.3 is 9.80 Å². The fourth-order valence-corrected chi connectivity index (χ4v) is 4.85. The van der Waals surface area contributed by atoms with E-state index in [-0.39, 0.29) is 5.41 Å². The van der Waals surface area contributed by atoms with Crippen molar-refractivity contribution in [3.8, 4) is 0 Å². The maximum Gasteiger partial charge on any atom is 0.264 e. The molecule has 4 rings (SSSR count). The Morgan fingerprint density at radius 1 is 1.13 bits per heavy atom. The Hall–Kier alpha value is -2.53. The summed E-state index contributed by atoms with van der Waals surface area (Å²) in [7, 11) is 0. The minimum absolute atomic E-state index is 0.171. The van der Waals surface area contributed by atoms with Crippen molar-refractivity contribution in [2.75, 3.05) is 31.1 Å².